The molecule has 1 aromatic heterocycles. The smallest absolute Gasteiger partial charge is 0.339 e. The third-order valence-corrected chi connectivity index (χ3v) is 6.63. The lowest BCUT2D eigenvalue weighted by atomic mass is 10.1. The number of rotatable bonds is 7. The molecule has 39 heavy (non-hydrogen) atoms. The van der Waals surface area contributed by atoms with Gasteiger partial charge in [-0.25, -0.2) is 24.6 Å². The minimum atomic E-state index is -0.618. The number of hydrogen-bond acceptors (Lipinski definition) is 8. The van der Waals surface area contributed by atoms with Gasteiger partial charge in [0.15, 0.2) is 0 Å². The van der Waals surface area contributed by atoms with E-state index >= 15 is 0 Å². The van der Waals surface area contributed by atoms with Crippen molar-refractivity contribution in [3.05, 3.63) is 75.7 Å². The van der Waals surface area contributed by atoms with Crippen LogP contribution < -0.4 is 20.8 Å². The number of benzene rings is 3. The molecule has 1 unspecified atom stereocenters. The van der Waals surface area contributed by atoms with E-state index in [-0.39, 0.29) is 16.9 Å². The predicted molar refractivity (Wildman–Crippen MR) is 150 cm³/mol. The summed E-state index contributed by atoms with van der Waals surface area (Å²) in [7, 11) is 0. The van der Waals surface area contributed by atoms with Crippen LogP contribution >= 0.6 is 27.5 Å². The standard InChI is InChI=1S/C26H21BrClFN6O4/c27-18-7-14(1-4-23(18)36)11-32-35-26(37)34-22-9-17-21(10-24(22)39-16-5-6-38-12-16)30-13-31-25(17)33-15-2-3-20(29)19(28)8-15/h1-4,7-11,13,16,36H,5-6,12H2,(H,30,31,33)(H2,34,35,37)/b32-11+. The molecule has 10 nitrogen and oxygen atoms in total. The number of hydrogen-bond donors (Lipinski definition) is 4. The zero-order valence-electron chi connectivity index (χ0n) is 20.1. The van der Waals surface area contributed by atoms with Gasteiger partial charge in [-0.15, -0.1) is 0 Å². The number of anilines is 3. The zero-order chi connectivity index (χ0) is 27.4. The Labute approximate surface area is 235 Å². The maximum absolute atomic E-state index is 13.6. The first kappa shape index (κ1) is 26.6. The maximum Gasteiger partial charge on any atom is 0.339 e. The molecule has 1 atom stereocenters. The molecule has 1 fully saturated rings. The van der Waals surface area contributed by atoms with E-state index in [9.17, 15) is 14.3 Å². The van der Waals surface area contributed by atoms with Crippen LogP contribution in [0.3, 0.4) is 0 Å². The van der Waals surface area contributed by atoms with Crippen molar-refractivity contribution in [3.8, 4) is 11.5 Å². The molecule has 1 saturated heterocycles. The Kier molecular flexibility index (Phi) is 8.05. The Hall–Kier alpha value is -4.00. The number of ether oxygens (including phenoxy) is 2. The molecular weight excluding hydrogens is 595 g/mol. The van der Waals surface area contributed by atoms with Crippen LogP contribution in [0.2, 0.25) is 5.02 Å². The highest BCUT2D eigenvalue weighted by Crippen LogP contribution is 2.35. The molecule has 0 aliphatic carbocycles. The second-order valence-electron chi connectivity index (χ2n) is 8.48. The van der Waals surface area contributed by atoms with E-state index in [4.69, 9.17) is 21.1 Å². The van der Waals surface area contributed by atoms with Gasteiger partial charge in [0.05, 0.1) is 40.1 Å². The molecule has 13 heteroatoms. The third kappa shape index (κ3) is 6.53. The second-order valence-corrected chi connectivity index (χ2v) is 9.74. The van der Waals surface area contributed by atoms with Gasteiger partial charge in [0.25, 0.3) is 0 Å². The normalized spacial score (nSPS) is 15.0. The van der Waals surface area contributed by atoms with Crippen LogP contribution in [-0.2, 0) is 4.74 Å². The summed E-state index contributed by atoms with van der Waals surface area (Å²) < 4.78 is 25.7. The fourth-order valence-corrected chi connectivity index (χ4v) is 4.37. The summed E-state index contributed by atoms with van der Waals surface area (Å²) in [6, 6.07) is 11.8. The monoisotopic (exact) mass is 614 g/mol. The summed E-state index contributed by atoms with van der Waals surface area (Å²) in [5.74, 6) is 0.368. The quantitative estimate of drug-likeness (QED) is 0.149. The molecule has 2 heterocycles. The van der Waals surface area contributed by atoms with E-state index in [0.29, 0.717) is 63.5 Å². The number of aromatic hydroxyl groups is 1. The number of phenols is 1. The molecule has 2 amide bonds. The maximum atomic E-state index is 13.6. The molecule has 4 N–H and O–H groups in total. The van der Waals surface area contributed by atoms with Crippen molar-refractivity contribution in [2.24, 2.45) is 5.10 Å². The number of phenolic OH excluding ortho intramolecular Hbond substituents is 1. The number of urea groups is 1. The SMILES string of the molecule is O=C(N/N=C/c1ccc(O)c(Br)c1)Nc1cc2c(Nc3ccc(F)c(Cl)c3)ncnc2cc1OC1CCOC1. The number of hydrazone groups is 1. The van der Waals surface area contributed by atoms with Gasteiger partial charge in [0.1, 0.15) is 35.6 Å². The van der Waals surface area contributed by atoms with Crippen molar-refractivity contribution in [2.75, 3.05) is 23.8 Å². The number of aromatic nitrogens is 2. The molecular formula is C26H21BrClFN6O4. The summed E-state index contributed by atoms with van der Waals surface area (Å²) in [6.07, 6.45) is 3.34. The van der Waals surface area contributed by atoms with E-state index < -0.39 is 11.8 Å². The number of nitrogens with one attached hydrogen (secondary N) is 3. The van der Waals surface area contributed by atoms with Gasteiger partial charge < -0.3 is 25.2 Å². The molecule has 3 aromatic carbocycles. The largest absolute Gasteiger partial charge is 0.507 e. The van der Waals surface area contributed by atoms with E-state index in [1.807, 2.05) is 0 Å². The van der Waals surface area contributed by atoms with Crippen LogP contribution in [0, 0.1) is 5.82 Å². The first-order valence-corrected chi connectivity index (χ1v) is 12.9. The van der Waals surface area contributed by atoms with Crippen molar-refractivity contribution in [1.82, 2.24) is 15.4 Å². The van der Waals surface area contributed by atoms with Gasteiger partial charge in [-0.1, -0.05) is 11.6 Å². The minimum Gasteiger partial charge on any atom is -0.507 e. The van der Waals surface area contributed by atoms with Crippen molar-refractivity contribution in [3.63, 3.8) is 0 Å². The van der Waals surface area contributed by atoms with Crippen LogP contribution in [0.25, 0.3) is 10.9 Å². The van der Waals surface area contributed by atoms with Crippen LogP contribution in [0.15, 0.2) is 64.4 Å². The Balaban J connectivity index is 1.41. The highest BCUT2D eigenvalue weighted by atomic mass is 79.9. The lowest BCUT2D eigenvalue weighted by Gasteiger charge is -2.18. The Morgan fingerprint density at radius 3 is 2.87 bits per heavy atom. The average molecular weight is 616 g/mol. The Bertz CT molecular complexity index is 1570. The van der Waals surface area contributed by atoms with Gasteiger partial charge in [-0.2, -0.15) is 5.10 Å². The summed E-state index contributed by atoms with van der Waals surface area (Å²) in [6.45, 7) is 1.01. The van der Waals surface area contributed by atoms with Gasteiger partial charge >= 0.3 is 6.03 Å². The highest BCUT2D eigenvalue weighted by Gasteiger charge is 2.21. The highest BCUT2D eigenvalue weighted by molar-refractivity contribution is 9.10. The first-order chi connectivity index (χ1) is 18.9. The molecule has 1 aliphatic heterocycles. The number of carbonyl (C=O) groups excluding carboxylic acids is 1. The van der Waals surface area contributed by atoms with E-state index in [1.165, 1.54) is 36.8 Å². The Morgan fingerprint density at radius 1 is 1.23 bits per heavy atom. The first-order valence-electron chi connectivity index (χ1n) is 11.7. The molecule has 1 aliphatic rings. The number of nitrogens with zero attached hydrogens (tertiary/aromatic N) is 3. The lowest BCUT2D eigenvalue weighted by Crippen LogP contribution is -2.25. The molecule has 0 saturated carbocycles. The molecule has 0 radical (unpaired) electrons. The van der Waals surface area contributed by atoms with Crippen LogP contribution in [0.4, 0.5) is 26.4 Å². The molecule has 0 bridgehead atoms. The predicted octanol–water partition coefficient (Wildman–Crippen LogP) is 5.96. The summed E-state index contributed by atoms with van der Waals surface area (Å²) in [4.78, 5) is 21.4. The van der Waals surface area contributed by atoms with Crippen LogP contribution in [0.5, 0.6) is 11.5 Å². The van der Waals surface area contributed by atoms with Crippen molar-refractivity contribution in [2.45, 2.75) is 12.5 Å². The zero-order valence-corrected chi connectivity index (χ0v) is 22.5. The molecule has 4 aromatic rings. The van der Waals surface area contributed by atoms with Crippen LogP contribution in [0.1, 0.15) is 12.0 Å². The lowest BCUT2D eigenvalue weighted by molar-refractivity contribution is 0.142. The summed E-state index contributed by atoms with van der Waals surface area (Å²) in [5.41, 5.74) is 4.49. The summed E-state index contributed by atoms with van der Waals surface area (Å²) in [5, 5.41) is 20.0. The van der Waals surface area contributed by atoms with Gasteiger partial charge in [0, 0.05) is 23.6 Å². The van der Waals surface area contributed by atoms with E-state index in [1.54, 1.807) is 24.3 Å². The van der Waals surface area contributed by atoms with Gasteiger partial charge in [0.2, 0.25) is 0 Å². The topological polar surface area (TPSA) is 130 Å². The molecule has 0 spiro atoms. The van der Waals surface area contributed by atoms with Gasteiger partial charge in [-0.05, 0) is 64.0 Å². The molecule has 5 rings (SSSR count). The fraction of sp³-hybridized carbons (Fsp3) is 0.154. The Morgan fingerprint density at radius 2 is 2.10 bits per heavy atom. The molecule has 200 valence electrons. The van der Waals surface area contributed by atoms with Gasteiger partial charge in [-0.3, -0.25) is 0 Å². The van der Waals surface area contributed by atoms with Crippen LogP contribution in [-0.4, -0.2) is 46.6 Å². The fourth-order valence-electron chi connectivity index (χ4n) is 3.79. The summed E-state index contributed by atoms with van der Waals surface area (Å²) >= 11 is 9.16. The van der Waals surface area contributed by atoms with Crippen molar-refractivity contribution >= 4 is 67.9 Å². The number of halogens is 3. The average Bonchev–Trinajstić information content (AvgIpc) is 3.42. The number of amides is 2. The third-order valence-electron chi connectivity index (χ3n) is 5.70. The number of carbonyl (C=O) groups is 1. The second kappa shape index (κ2) is 11.8. The number of fused-ring (bicyclic) bond motifs is 1. The van der Waals surface area contributed by atoms with Crippen molar-refractivity contribution < 1.29 is 23.8 Å². The van der Waals surface area contributed by atoms with Crippen molar-refractivity contribution in [1.29, 1.82) is 0 Å². The minimum absolute atomic E-state index is 0.0351. The van der Waals surface area contributed by atoms with E-state index in [2.05, 4.69) is 47.1 Å². The van der Waals surface area contributed by atoms with E-state index in [0.717, 1.165) is 0 Å².